The monoisotopic (exact) mass is 314 g/mol. The molecule has 0 spiro atoms. The quantitative estimate of drug-likeness (QED) is 0.793. The van der Waals surface area contributed by atoms with Gasteiger partial charge in [0, 0.05) is 6.04 Å². The van der Waals surface area contributed by atoms with Gasteiger partial charge in [-0.15, -0.1) is 0 Å². The minimum Gasteiger partial charge on any atom is -0.329 e. The summed E-state index contributed by atoms with van der Waals surface area (Å²) in [6.07, 6.45) is 3.95. The van der Waals surface area contributed by atoms with Gasteiger partial charge in [-0.2, -0.15) is 0 Å². The van der Waals surface area contributed by atoms with Crippen molar-refractivity contribution >= 4 is 17.8 Å². The van der Waals surface area contributed by atoms with E-state index in [2.05, 4.69) is 4.90 Å². The summed E-state index contributed by atoms with van der Waals surface area (Å²) in [6, 6.07) is 7.20. The molecule has 0 bridgehead atoms. The van der Waals surface area contributed by atoms with Crippen molar-refractivity contribution in [2.24, 2.45) is 5.92 Å². The van der Waals surface area contributed by atoms with Crippen LogP contribution in [0, 0.1) is 5.92 Å². The fourth-order valence-corrected chi connectivity index (χ4v) is 3.35. The zero-order valence-electron chi connectivity index (χ0n) is 12.7. The summed E-state index contributed by atoms with van der Waals surface area (Å²) in [5, 5.41) is 0.611. The van der Waals surface area contributed by atoms with E-state index in [4.69, 9.17) is 4.84 Å². The molecule has 23 heavy (non-hydrogen) atoms. The predicted octanol–water partition coefficient (Wildman–Crippen LogP) is 1.62. The van der Waals surface area contributed by atoms with E-state index < -0.39 is 17.8 Å². The number of hydrogen-bond donors (Lipinski definition) is 0. The Balaban J connectivity index is 1.40. The van der Waals surface area contributed by atoms with E-state index in [1.807, 2.05) is 0 Å². The van der Waals surface area contributed by atoms with E-state index >= 15 is 0 Å². The Hall–Kier alpha value is -2.21. The molecule has 6 heteroatoms. The Kier molecular flexibility index (Phi) is 3.41. The first-order valence-electron chi connectivity index (χ1n) is 8.09. The zero-order valence-corrected chi connectivity index (χ0v) is 12.7. The van der Waals surface area contributed by atoms with Crippen LogP contribution in [0.15, 0.2) is 24.3 Å². The average Bonchev–Trinajstić information content (AvgIpc) is 3.40. The molecule has 1 saturated heterocycles. The first-order chi connectivity index (χ1) is 11.1. The van der Waals surface area contributed by atoms with Gasteiger partial charge in [0.1, 0.15) is 0 Å². The molecule has 6 nitrogen and oxygen atoms in total. The minimum absolute atomic E-state index is 0.241. The summed E-state index contributed by atoms with van der Waals surface area (Å²) in [4.78, 5) is 44.2. The van der Waals surface area contributed by atoms with Gasteiger partial charge in [-0.3, -0.25) is 9.59 Å². The van der Waals surface area contributed by atoms with Crippen LogP contribution in [0.3, 0.4) is 0 Å². The van der Waals surface area contributed by atoms with Gasteiger partial charge in [0.2, 0.25) is 0 Å². The molecule has 1 aromatic rings. The molecule has 120 valence electrons. The first-order valence-corrected chi connectivity index (χ1v) is 8.09. The van der Waals surface area contributed by atoms with Crippen molar-refractivity contribution in [1.82, 2.24) is 9.96 Å². The SMILES string of the molecule is O=C(ON1C(=O)c2ccccc2C1=O)C1CCN(C2CC2)CC1. The first kappa shape index (κ1) is 14.4. The number of benzene rings is 1. The van der Waals surface area contributed by atoms with Crippen molar-refractivity contribution < 1.29 is 19.2 Å². The number of fused-ring (bicyclic) bond motifs is 1. The molecular weight excluding hydrogens is 296 g/mol. The minimum atomic E-state index is -0.561. The lowest BCUT2D eigenvalue weighted by Gasteiger charge is -2.31. The molecule has 2 heterocycles. The maximum atomic E-state index is 12.3. The summed E-state index contributed by atoms with van der Waals surface area (Å²) in [5.74, 6) is -1.84. The van der Waals surface area contributed by atoms with Gasteiger partial charge in [0.05, 0.1) is 17.0 Å². The number of hydroxylamine groups is 2. The number of nitrogens with zero attached hydrogens (tertiary/aromatic N) is 2. The molecule has 0 radical (unpaired) electrons. The molecule has 2 amide bonds. The van der Waals surface area contributed by atoms with Crippen molar-refractivity contribution in [1.29, 1.82) is 0 Å². The number of imide groups is 1. The van der Waals surface area contributed by atoms with Crippen molar-refractivity contribution in [2.75, 3.05) is 13.1 Å². The van der Waals surface area contributed by atoms with Gasteiger partial charge in [0.15, 0.2) is 0 Å². The molecule has 3 aliphatic rings. The summed E-state index contributed by atoms with van der Waals surface area (Å²) in [7, 11) is 0. The Morgan fingerprint density at radius 3 is 2.04 bits per heavy atom. The number of rotatable bonds is 3. The van der Waals surface area contributed by atoms with Crippen molar-refractivity contribution in [3.05, 3.63) is 35.4 Å². The summed E-state index contributed by atoms with van der Waals surface area (Å²) in [5.41, 5.74) is 0.572. The predicted molar refractivity (Wildman–Crippen MR) is 80.4 cm³/mol. The van der Waals surface area contributed by atoms with E-state index in [0.717, 1.165) is 25.9 Å². The van der Waals surface area contributed by atoms with Crippen LogP contribution in [0.5, 0.6) is 0 Å². The summed E-state index contributed by atoms with van der Waals surface area (Å²) >= 11 is 0. The largest absolute Gasteiger partial charge is 0.336 e. The third kappa shape index (κ3) is 2.53. The molecule has 0 atom stereocenters. The lowest BCUT2D eigenvalue weighted by Crippen LogP contribution is -2.41. The third-order valence-corrected chi connectivity index (χ3v) is 4.86. The van der Waals surface area contributed by atoms with Crippen LogP contribution in [-0.2, 0) is 9.63 Å². The highest BCUT2D eigenvalue weighted by Crippen LogP contribution is 2.31. The number of carbonyl (C=O) groups excluding carboxylic acids is 3. The Bertz CT molecular complexity index is 640. The zero-order chi connectivity index (χ0) is 16.0. The molecule has 1 saturated carbocycles. The summed E-state index contributed by atoms with van der Waals surface area (Å²) in [6.45, 7) is 1.76. The molecule has 0 aromatic heterocycles. The van der Waals surface area contributed by atoms with Gasteiger partial charge in [-0.1, -0.05) is 17.2 Å². The molecule has 2 fully saturated rings. The standard InChI is InChI=1S/C17H18N2O4/c20-15-13-3-1-2-4-14(13)16(21)19(15)23-17(22)11-7-9-18(10-8-11)12-5-6-12/h1-4,11-12H,5-10H2. The van der Waals surface area contributed by atoms with Crippen LogP contribution >= 0.6 is 0 Å². The lowest BCUT2D eigenvalue weighted by molar-refractivity contribution is -0.175. The second-order valence-electron chi connectivity index (χ2n) is 6.40. The Morgan fingerprint density at radius 2 is 1.52 bits per heavy atom. The fraction of sp³-hybridized carbons (Fsp3) is 0.471. The molecule has 2 aliphatic heterocycles. The van der Waals surface area contributed by atoms with Crippen molar-refractivity contribution in [2.45, 2.75) is 31.7 Å². The van der Waals surface area contributed by atoms with Gasteiger partial charge < -0.3 is 9.74 Å². The van der Waals surface area contributed by atoms with E-state index in [0.29, 0.717) is 11.1 Å². The molecule has 0 N–H and O–H groups in total. The lowest BCUT2D eigenvalue weighted by atomic mass is 9.97. The second-order valence-corrected chi connectivity index (χ2v) is 6.40. The van der Waals surface area contributed by atoms with Crippen LogP contribution in [0.2, 0.25) is 0 Å². The Labute approximate surface area is 134 Å². The molecule has 1 aliphatic carbocycles. The van der Waals surface area contributed by atoms with E-state index in [9.17, 15) is 14.4 Å². The fourth-order valence-electron chi connectivity index (χ4n) is 3.35. The highest BCUT2D eigenvalue weighted by molar-refractivity contribution is 6.20. The smallest absolute Gasteiger partial charge is 0.329 e. The van der Waals surface area contributed by atoms with Gasteiger partial charge >= 0.3 is 5.97 Å². The maximum absolute atomic E-state index is 12.3. The topological polar surface area (TPSA) is 66.9 Å². The molecule has 0 unspecified atom stereocenters. The van der Waals surface area contributed by atoms with Crippen LogP contribution in [0.25, 0.3) is 0 Å². The van der Waals surface area contributed by atoms with Crippen molar-refractivity contribution in [3.63, 3.8) is 0 Å². The number of piperidine rings is 1. The number of amides is 2. The van der Waals surface area contributed by atoms with Gasteiger partial charge in [-0.25, -0.2) is 4.79 Å². The third-order valence-electron chi connectivity index (χ3n) is 4.86. The summed E-state index contributed by atoms with van der Waals surface area (Å²) < 4.78 is 0. The van der Waals surface area contributed by atoms with Crippen LogP contribution in [0.4, 0.5) is 0 Å². The van der Waals surface area contributed by atoms with Crippen LogP contribution in [-0.4, -0.2) is 46.9 Å². The van der Waals surface area contributed by atoms with Crippen molar-refractivity contribution in [3.8, 4) is 0 Å². The van der Waals surface area contributed by atoms with Crippen LogP contribution in [0.1, 0.15) is 46.4 Å². The second kappa shape index (κ2) is 5.45. The number of hydrogen-bond acceptors (Lipinski definition) is 5. The Morgan fingerprint density at radius 1 is 0.957 bits per heavy atom. The van der Waals surface area contributed by atoms with Gasteiger partial charge in [0.25, 0.3) is 11.8 Å². The van der Waals surface area contributed by atoms with Gasteiger partial charge in [-0.05, 0) is 50.9 Å². The van der Waals surface area contributed by atoms with E-state index in [-0.39, 0.29) is 17.0 Å². The van der Waals surface area contributed by atoms with E-state index in [1.54, 1.807) is 24.3 Å². The highest BCUT2D eigenvalue weighted by Gasteiger charge is 2.41. The average molecular weight is 314 g/mol. The molecule has 1 aromatic carbocycles. The normalized spacial score (nSPS) is 22.3. The van der Waals surface area contributed by atoms with Crippen LogP contribution < -0.4 is 0 Å². The molecule has 4 rings (SSSR count). The van der Waals surface area contributed by atoms with E-state index in [1.165, 1.54) is 12.8 Å². The molecular formula is C17H18N2O4. The highest BCUT2D eigenvalue weighted by atomic mass is 16.7. The maximum Gasteiger partial charge on any atom is 0.336 e. The number of likely N-dealkylation sites (tertiary alicyclic amines) is 1. The number of carbonyl (C=O) groups is 3.